The molecule has 0 unspecified atom stereocenters. The average molecular weight is 404 g/mol. The molecule has 0 bridgehead atoms. The van der Waals surface area contributed by atoms with Crippen molar-refractivity contribution >= 4 is 23.9 Å². The molecular weight excluding hydrogens is 392 g/mol. The van der Waals surface area contributed by atoms with Gasteiger partial charge in [0.25, 0.3) is 0 Å². The molecule has 0 amide bonds. The maximum Gasteiger partial charge on any atom is 0.343 e. The molecule has 0 fully saturated rings. The van der Waals surface area contributed by atoms with Crippen LogP contribution >= 0.6 is 0 Å². The van der Waals surface area contributed by atoms with Gasteiger partial charge in [-0.1, -0.05) is 30.3 Å². The molecule has 3 aromatic rings. The number of rotatable bonds is 6. The minimum absolute atomic E-state index is 0.00658. The molecule has 0 aliphatic carbocycles. The number of hydrogen-bond acceptors (Lipinski definition) is 8. The third-order valence-corrected chi connectivity index (χ3v) is 3.92. The molecule has 3 rings (SSSR count). The second-order valence-corrected chi connectivity index (χ2v) is 5.99. The highest BCUT2D eigenvalue weighted by atomic mass is 16.5. The van der Waals surface area contributed by atoms with Crippen molar-refractivity contribution in [1.29, 1.82) is 0 Å². The van der Waals surface area contributed by atoms with Gasteiger partial charge in [-0.3, -0.25) is 0 Å². The van der Waals surface area contributed by atoms with Crippen LogP contribution in [-0.2, 0) is 0 Å². The molecule has 150 valence electrons. The van der Waals surface area contributed by atoms with Gasteiger partial charge in [0.2, 0.25) is 0 Å². The van der Waals surface area contributed by atoms with Crippen LogP contribution in [0.2, 0.25) is 0 Å². The first-order valence-electron chi connectivity index (χ1n) is 8.51. The molecule has 0 atom stereocenters. The summed E-state index contributed by atoms with van der Waals surface area (Å²) in [5.41, 5.74) is -0.131. The van der Waals surface area contributed by atoms with Crippen LogP contribution in [0.3, 0.4) is 0 Å². The molecule has 0 aliphatic rings. The zero-order valence-electron chi connectivity index (χ0n) is 15.2. The van der Waals surface area contributed by atoms with Gasteiger partial charge in [-0.25, -0.2) is 9.59 Å². The first-order valence-corrected chi connectivity index (χ1v) is 8.51. The van der Waals surface area contributed by atoms with E-state index in [1.165, 1.54) is 66.7 Å². The van der Waals surface area contributed by atoms with Crippen molar-refractivity contribution in [2.45, 2.75) is 0 Å². The van der Waals surface area contributed by atoms with Crippen LogP contribution in [0.4, 0.5) is 0 Å². The summed E-state index contributed by atoms with van der Waals surface area (Å²) in [6, 6.07) is 15.9. The van der Waals surface area contributed by atoms with E-state index in [-0.39, 0.29) is 33.8 Å². The van der Waals surface area contributed by atoms with Crippen LogP contribution in [0, 0.1) is 0 Å². The predicted octanol–water partition coefficient (Wildman–Crippen LogP) is 0.852. The van der Waals surface area contributed by atoms with E-state index in [1.54, 1.807) is 0 Å². The Bertz CT molecular complexity index is 1130. The number of benzene rings is 3. The fraction of sp³-hybridized carbons (Fsp3) is 0. The molecule has 0 saturated heterocycles. The first kappa shape index (κ1) is 20.3. The molecule has 0 saturated carbocycles. The highest BCUT2D eigenvalue weighted by Crippen LogP contribution is 2.22. The smallest absolute Gasteiger partial charge is 0.343 e. The molecule has 30 heavy (non-hydrogen) atoms. The molecule has 8 heteroatoms. The number of carbonyl (C=O) groups excluding carboxylic acids is 4. The van der Waals surface area contributed by atoms with Crippen LogP contribution in [0.1, 0.15) is 41.4 Å². The maximum atomic E-state index is 12.2. The second-order valence-electron chi connectivity index (χ2n) is 5.99. The summed E-state index contributed by atoms with van der Waals surface area (Å²) in [5, 5.41) is 21.7. The van der Waals surface area contributed by atoms with Gasteiger partial charge in [0.05, 0.1) is 23.1 Å². The molecule has 8 nitrogen and oxygen atoms in total. The highest BCUT2D eigenvalue weighted by molar-refractivity contribution is 5.95. The number of hydrogen-bond donors (Lipinski definition) is 0. The lowest BCUT2D eigenvalue weighted by molar-refractivity contribution is -0.256. The van der Waals surface area contributed by atoms with Gasteiger partial charge in [0, 0.05) is 6.07 Å². The zero-order chi connectivity index (χ0) is 21.7. The van der Waals surface area contributed by atoms with Gasteiger partial charge in [-0.05, 0) is 47.5 Å². The van der Waals surface area contributed by atoms with E-state index in [0.29, 0.717) is 0 Å². The summed E-state index contributed by atoms with van der Waals surface area (Å²) in [6.45, 7) is 0. The standard InChI is InChI=1S/C22H14O8/c23-19(24)13-7-9-14(10-8-13)21(27)29-17-5-2-6-18(12-17)30-22(28)16-4-1-3-15(11-16)20(25)26/h1-12H,(H,23,24)(H,25,26)/p-2. The van der Waals surface area contributed by atoms with Gasteiger partial charge < -0.3 is 29.3 Å². The summed E-state index contributed by atoms with van der Waals surface area (Å²) in [5.74, 6) is -4.19. The third-order valence-electron chi connectivity index (χ3n) is 3.92. The molecule has 0 spiro atoms. The van der Waals surface area contributed by atoms with Crippen molar-refractivity contribution in [3.63, 3.8) is 0 Å². The Labute approximate surface area is 169 Å². The van der Waals surface area contributed by atoms with Crippen LogP contribution in [-0.4, -0.2) is 23.9 Å². The molecule has 0 radical (unpaired) electrons. The van der Waals surface area contributed by atoms with Gasteiger partial charge in [0.1, 0.15) is 11.5 Å². The minimum Gasteiger partial charge on any atom is -0.545 e. The lowest BCUT2D eigenvalue weighted by atomic mass is 10.1. The first-order chi connectivity index (χ1) is 14.3. The van der Waals surface area contributed by atoms with Gasteiger partial charge in [-0.15, -0.1) is 0 Å². The summed E-state index contributed by atoms with van der Waals surface area (Å²) >= 11 is 0. The SMILES string of the molecule is O=C([O-])c1ccc(C(=O)Oc2cccc(OC(=O)c3cccc(C(=O)[O-])c3)c2)cc1. The van der Waals surface area contributed by atoms with E-state index < -0.39 is 23.9 Å². The van der Waals surface area contributed by atoms with Crippen LogP contribution in [0.5, 0.6) is 11.5 Å². The number of aromatic carboxylic acids is 2. The van der Waals surface area contributed by atoms with E-state index in [4.69, 9.17) is 9.47 Å². The Morgan fingerprint density at radius 1 is 0.533 bits per heavy atom. The molecule has 3 aromatic carbocycles. The fourth-order valence-electron chi connectivity index (χ4n) is 2.45. The van der Waals surface area contributed by atoms with E-state index >= 15 is 0 Å². The monoisotopic (exact) mass is 404 g/mol. The topological polar surface area (TPSA) is 133 Å². The normalized spacial score (nSPS) is 10.1. The molecule has 0 heterocycles. The number of ether oxygens (including phenoxy) is 2. The Morgan fingerprint density at radius 2 is 1.00 bits per heavy atom. The summed E-state index contributed by atoms with van der Waals surface area (Å²) in [6.07, 6.45) is 0. The van der Waals surface area contributed by atoms with Crippen molar-refractivity contribution in [1.82, 2.24) is 0 Å². The van der Waals surface area contributed by atoms with Gasteiger partial charge in [-0.2, -0.15) is 0 Å². The van der Waals surface area contributed by atoms with Gasteiger partial charge in [0.15, 0.2) is 0 Å². The number of esters is 2. The van der Waals surface area contributed by atoms with Crippen molar-refractivity contribution < 1.29 is 38.9 Å². The number of carbonyl (C=O) groups is 4. The maximum absolute atomic E-state index is 12.2. The molecule has 0 N–H and O–H groups in total. The van der Waals surface area contributed by atoms with Crippen LogP contribution in [0.25, 0.3) is 0 Å². The summed E-state index contributed by atoms with van der Waals surface area (Å²) < 4.78 is 10.4. The number of carboxylic acids is 2. The van der Waals surface area contributed by atoms with Crippen LogP contribution < -0.4 is 19.7 Å². The number of carboxylic acid groups (broad SMARTS) is 2. The quantitative estimate of drug-likeness (QED) is 0.436. The van der Waals surface area contributed by atoms with E-state index in [2.05, 4.69) is 0 Å². The van der Waals surface area contributed by atoms with Gasteiger partial charge >= 0.3 is 11.9 Å². The zero-order valence-corrected chi connectivity index (χ0v) is 15.2. The Kier molecular flexibility index (Phi) is 5.88. The summed E-state index contributed by atoms with van der Waals surface area (Å²) in [4.78, 5) is 46.1. The molecule has 0 aromatic heterocycles. The fourth-order valence-corrected chi connectivity index (χ4v) is 2.45. The lowest BCUT2D eigenvalue weighted by Gasteiger charge is -2.09. The Hall–Kier alpha value is -4.46. The van der Waals surface area contributed by atoms with Crippen molar-refractivity contribution in [3.05, 3.63) is 95.1 Å². The van der Waals surface area contributed by atoms with Crippen LogP contribution in [0.15, 0.2) is 72.8 Å². The van der Waals surface area contributed by atoms with Crippen molar-refractivity contribution in [2.75, 3.05) is 0 Å². The second kappa shape index (κ2) is 8.70. The highest BCUT2D eigenvalue weighted by Gasteiger charge is 2.12. The lowest BCUT2D eigenvalue weighted by Crippen LogP contribution is -2.22. The van der Waals surface area contributed by atoms with E-state index in [9.17, 15) is 29.4 Å². The minimum atomic E-state index is -1.42. The van der Waals surface area contributed by atoms with Crippen molar-refractivity contribution in [2.24, 2.45) is 0 Å². The molecular formula is C22H12O8-2. The summed E-state index contributed by atoms with van der Waals surface area (Å²) in [7, 11) is 0. The Morgan fingerprint density at radius 3 is 1.57 bits per heavy atom. The van der Waals surface area contributed by atoms with E-state index in [0.717, 1.165) is 6.07 Å². The largest absolute Gasteiger partial charge is 0.545 e. The molecule has 0 aliphatic heterocycles. The Balaban J connectivity index is 1.70. The third kappa shape index (κ3) is 4.87. The van der Waals surface area contributed by atoms with E-state index in [1.807, 2.05) is 0 Å². The predicted molar refractivity (Wildman–Crippen MR) is 97.9 cm³/mol. The van der Waals surface area contributed by atoms with Crippen molar-refractivity contribution in [3.8, 4) is 11.5 Å². The average Bonchev–Trinajstić information content (AvgIpc) is 2.74.